The highest BCUT2D eigenvalue weighted by molar-refractivity contribution is 5.98. The van der Waals surface area contributed by atoms with Gasteiger partial charge >= 0.3 is 11.9 Å². The minimum atomic E-state index is -1.10. The van der Waals surface area contributed by atoms with Crippen LogP contribution in [0.2, 0.25) is 0 Å². The minimum Gasteiger partial charge on any atom is -0.478 e. The molecular weight excluding hydrogens is 376 g/mol. The van der Waals surface area contributed by atoms with E-state index in [2.05, 4.69) is 31.2 Å². The Morgan fingerprint density at radius 3 is 2.27 bits per heavy atom. The van der Waals surface area contributed by atoms with E-state index in [-0.39, 0.29) is 23.0 Å². The summed E-state index contributed by atoms with van der Waals surface area (Å²) in [6.45, 7) is 3.72. The number of rotatable bonds is 5. The van der Waals surface area contributed by atoms with E-state index in [0.717, 1.165) is 24.0 Å². The van der Waals surface area contributed by atoms with Gasteiger partial charge < -0.3 is 10.2 Å². The van der Waals surface area contributed by atoms with Crippen molar-refractivity contribution in [1.29, 1.82) is 0 Å². The van der Waals surface area contributed by atoms with Crippen molar-refractivity contribution in [3.63, 3.8) is 0 Å². The van der Waals surface area contributed by atoms with E-state index in [9.17, 15) is 19.8 Å². The van der Waals surface area contributed by atoms with Crippen LogP contribution in [0.5, 0.6) is 0 Å². The van der Waals surface area contributed by atoms with E-state index >= 15 is 0 Å². The number of fused-ring (bicyclic) bond motifs is 1. The highest BCUT2D eigenvalue weighted by Crippen LogP contribution is 2.48. The second-order valence-electron chi connectivity index (χ2n) is 7.90. The van der Waals surface area contributed by atoms with Crippen LogP contribution in [0, 0.1) is 12.8 Å². The van der Waals surface area contributed by atoms with Gasteiger partial charge in [-0.05, 0) is 58.7 Å². The largest absolute Gasteiger partial charge is 0.478 e. The Morgan fingerprint density at radius 1 is 0.900 bits per heavy atom. The molecule has 0 spiro atoms. The SMILES string of the molecule is CCC1Cc2c(-c3ccccc3)cccc2C1c1ccc(C(=O)O)c(C)c1C(=O)O. The number of hydrogen-bond donors (Lipinski definition) is 2. The maximum Gasteiger partial charge on any atom is 0.336 e. The maximum absolute atomic E-state index is 12.2. The van der Waals surface area contributed by atoms with Gasteiger partial charge in [0.15, 0.2) is 0 Å². The number of carboxylic acid groups (broad SMARTS) is 2. The molecule has 0 saturated heterocycles. The summed E-state index contributed by atoms with van der Waals surface area (Å²) in [5.41, 5.74) is 5.93. The first-order chi connectivity index (χ1) is 14.4. The Balaban J connectivity index is 1.93. The van der Waals surface area contributed by atoms with Crippen LogP contribution in [-0.2, 0) is 6.42 Å². The lowest BCUT2D eigenvalue weighted by Gasteiger charge is -2.23. The van der Waals surface area contributed by atoms with Crippen molar-refractivity contribution in [2.45, 2.75) is 32.6 Å². The lowest BCUT2D eigenvalue weighted by atomic mass is 9.80. The molecule has 1 aliphatic carbocycles. The van der Waals surface area contributed by atoms with E-state index < -0.39 is 11.9 Å². The van der Waals surface area contributed by atoms with Gasteiger partial charge in [-0.15, -0.1) is 0 Å². The van der Waals surface area contributed by atoms with Crippen LogP contribution in [0.3, 0.4) is 0 Å². The van der Waals surface area contributed by atoms with Gasteiger partial charge in [-0.3, -0.25) is 0 Å². The van der Waals surface area contributed by atoms with E-state index in [1.807, 2.05) is 24.3 Å². The van der Waals surface area contributed by atoms with Gasteiger partial charge in [-0.25, -0.2) is 9.59 Å². The van der Waals surface area contributed by atoms with Gasteiger partial charge in [-0.1, -0.05) is 67.9 Å². The van der Waals surface area contributed by atoms with Crippen molar-refractivity contribution in [2.75, 3.05) is 0 Å². The van der Waals surface area contributed by atoms with Crippen LogP contribution >= 0.6 is 0 Å². The first kappa shape index (κ1) is 19.9. The second-order valence-corrected chi connectivity index (χ2v) is 7.90. The van der Waals surface area contributed by atoms with Gasteiger partial charge in [0.05, 0.1) is 11.1 Å². The number of carbonyl (C=O) groups is 2. The quantitative estimate of drug-likeness (QED) is 0.570. The van der Waals surface area contributed by atoms with Gasteiger partial charge in [0.2, 0.25) is 0 Å². The lowest BCUT2D eigenvalue weighted by molar-refractivity contribution is 0.0694. The molecule has 0 heterocycles. The summed E-state index contributed by atoms with van der Waals surface area (Å²) in [6.07, 6.45) is 1.78. The van der Waals surface area contributed by atoms with Crippen molar-refractivity contribution in [3.05, 3.63) is 94.0 Å². The highest BCUT2D eigenvalue weighted by atomic mass is 16.4. The van der Waals surface area contributed by atoms with Crippen molar-refractivity contribution in [3.8, 4) is 11.1 Å². The smallest absolute Gasteiger partial charge is 0.336 e. The molecule has 2 unspecified atom stereocenters. The van der Waals surface area contributed by atoms with Crippen molar-refractivity contribution >= 4 is 11.9 Å². The molecule has 4 nitrogen and oxygen atoms in total. The first-order valence-corrected chi connectivity index (χ1v) is 10.2. The summed E-state index contributed by atoms with van der Waals surface area (Å²) in [4.78, 5) is 23.7. The van der Waals surface area contributed by atoms with Gasteiger partial charge in [-0.2, -0.15) is 0 Å². The molecule has 2 N–H and O–H groups in total. The third-order valence-electron chi connectivity index (χ3n) is 6.37. The van der Waals surface area contributed by atoms with Gasteiger partial charge in [0, 0.05) is 5.92 Å². The average Bonchev–Trinajstić information content (AvgIpc) is 3.12. The summed E-state index contributed by atoms with van der Waals surface area (Å²) in [7, 11) is 0. The van der Waals surface area contributed by atoms with E-state index in [1.54, 1.807) is 19.1 Å². The van der Waals surface area contributed by atoms with E-state index in [0.29, 0.717) is 11.1 Å². The molecule has 2 atom stereocenters. The average molecular weight is 400 g/mol. The zero-order valence-corrected chi connectivity index (χ0v) is 17.1. The summed E-state index contributed by atoms with van der Waals surface area (Å²) >= 11 is 0. The Bertz CT molecular complexity index is 1130. The van der Waals surface area contributed by atoms with Gasteiger partial charge in [0.25, 0.3) is 0 Å². The summed E-state index contributed by atoms with van der Waals surface area (Å²) in [5.74, 6) is -1.99. The van der Waals surface area contributed by atoms with Crippen LogP contribution in [0.15, 0.2) is 60.7 Å². The lowest BCUT2D eigenvalue weighted by Crippen LogP contribution is -2.16. The molecule has 4 rings (SSSR count). The summed E-state index contributed by atoms with van der Waals surface area (Å²) in [5, 5.41) is 19.4. The Kier molecular flexibility index (Phi) is 5.17. The van der Waals surface area contributed by atoms with Crippen LogP contribution in [0.1, 0.15) is 62.2 Å². The molecule has 0 radical (unpaired) electrons. The molecule has 3 aromatic carbocycles. The van der Waals surface area contributed by atoms with Crippen molar-refractivity contribution in [2.24, 2.45) is 5.92 Å². The number of hydrogen-bond acceptors (Lipinski definition) is 2. The molecule has 30 heavy (non-hydrogen) atoms. The number of carboxylic acids is 2. The highest BCUT2D eigenvalue weighted by Gasteiger charge is 2.37. The predicted molar refractivity (Wildman–Crippen MR) is 116 cm³/mol. The third-order valence-corrected chi connectivity index (χ3v) is 6.37. The second kappa shape index (κ2) is 7.79. The fraction of sp³-hybridized carbons (Fsp3) is 0.231. The third kappa shape index (κ3) is 3.18. The fourth-order valence-electron chi connectivity index (χ4n) is 4.95. The van der Waals surface area contributed by atoms with Gasteiger partial charge in [0.1, 0.15) is 0 Å². The molecule has 3 aromatic rings. The molecule has 0 saturated carbocycles. The zero-order chi connectivity index (χ0) is 21.4. The summed E-state index contributed by atoms with van der Waals surface area (Å²) < 4.78 is 0. The van der Waals surface area contributed by atoms with Crippen LogP contribution < -0.4 is 0 Å². The summed E-state index contributed by atoms with van der Waals surface area (Å²) in [6, 6.07) is 19.7. The molecule has 0 bridgehead atoms. The maximum atomic E-state index is 12.2. The predicted octanol–water partition coefficient (Wildman–Crippen LogP) is 5.77. The topological polar surface area (TPSA) is 74.6 Å². The number of benzene rings is 3. The Morgan fingerprint density at radius 2 is 1.63 bits per heavy atom. The van der Waals surface area contributed by atoms with Crippen LogP contribution in [0.4, 0.5) is 0 Å². The molecule has 0 amide bonds. The standard InChI is InChI=1S/C26H24O4/c1-3-16-14-22-19(17-8-5-4-6-9-17)10-7-11-20(22)24(16)21-13-12-18(25(27)28)15(2)23(21)26(29)30/h4-13,16,24H,3,14H2,1-2H3,(H,27,28)(H,29,30). The van der Waals surface area contributed by atoms with Crippen molar-refractivity contribution < 1.29 is 19.8 Å². The van der Waals surface area contributed by atoms with Crippen LogP contribution in [0.25, 0.3) is 11.1 Å². The normalized spacial score (nSPS) is 17.5. The molecule has 0 aliphatic heterocycles. The van der Waals surface area contributed by atoms with E-state index in [4.69, 9.17) is 0 Å². The Hall–Kier alpha value is -3.40. The molecule has 152 valence electrons. The van der Waals surface area contributed by atoms with E-state index in [1.165, 1.54) is 11.1 Å². The van der Waals surface area contributed by atoms with Crippen LogP contribution in [-0.4, -0.2) is 22.2 Å². The monoisotopic (exact) mass is 400 g/mol. The Labute approximate surface area is 175 Å². The first-order valence-electron chi connectivity index (χ1n) is 10.2. The number of aromatic carboxylic acids is 2. The molecule has 0 fully saturated rings. The fourth-order valence-corrected chi connectivity index (χ4v) is 4.95. The van der Waals surface area contributed by atoms with Crippen molar-refractivity contribution in [1.82, 2.24) is 0 Å². The molecule has 0 aromatic heterocycles. The molecule has 4 heteroatoms. The minimum absolute atomic E-state index is 0.0421. The molecule has 1 aliphatic rings. The molecular formula is C26H24O4. The zero-order valence-electron chi connectivity index (χ0n) is 17.1.